The van der Waals surface area contributed by atoms with Gasteiger partial charge in [-0.05, 0) is 20.3 Å². The highest BCUT2D eigenvalue weighted by Crippen LogP contribution is 1.98. The van der Waals surface area contributed by atoms with E-state index in [-0.39, 0.29) is 24.2 Å². The first kappa shape index (κ1) is 15.1. The molecule has 0 unspecified atom stereocenters. The van der Waals surface area contributed by atoms with E-state index in [0.717, 1.165) is 12.8 Å². The third kappa shape index (κ3) is 5.46. The van der Waals surface area contributed by atoms with Crippen molar-refractivity contribution in [2.24, 2.45) is 0 Å². The Morgan fingerprint density at radius 2 is 2.11 bits per heavy atom. The van der Waals surface area contributed by atoms with Crippen LogP contribution in [0.5, 0.6) is 0 Å². The standard InChI is InChI=1S/C13H19N3O3/c1-4-5-9(2)16-12(17)8-19-13(18)11-7-14-10(3)6-15-11/h6-7,9H,4-5,8H2,1-3H3,(H,16,17)/t9-/m0/s1. The molecule has 0 bridgehead atoms. The molecule has 0 fully saturated rings. The van der Waals surface area contributed by atoms with Crippen LogP contribution >= 0.6 is 0 Å². The number of ether oxygens (including phenoxy) is 1. The number of amides is 1. The molecule has 0 saturated carbocycles. The van der Waals surface area contributed by atoms with E-state index < -0.39 is 5.97 Å². The molecule has 1 N–H and O–H groups in total. The van der Waals surface area contributed by atoms with Gasteiger partial charge in [-0.1, -0.05) is 13.3 Å². The Labute approximate surface area is 112 Å². The minimum atomic E-state index is -0.647. The fourth-order valence-corrected chi connectivity index (χ4v) is 1.52. The van der Waals surface area contributed by atoms with Crippen LogP contribution in [-0.2, 0) is 9.53 Å². The highest BCUT2D eigenvalue weighted by atomic mass is 16.5. The lowest BCUT2D eigenvalue weighted by Gasteiger charge is -2.12. The molecule has 6 nitrogen and oxygen atoms in total. The Morgan fingerprint density at radius 1 is 1.37 bits per heavy atom. The second-order valence-electron chi connectivity index (χ2n) is 4.38. The normalized spacial score (nSPS) is 11.7. The van der Waals surface area contributed by atoms with Crippen molar-refractivity contribution in [3.05, 3.63) is 23.8 Å². The van der Waals surface area contributed by atoms with Crippen molar-refractivity contribution >= 4 is 11.9 Å². The molecule has 0 aliphatic carbocycles. The van der Waals surface area contributed by atoms with Crippen molar-refractivity contribution in [2.45, 2.75) is 39.7 Å². The van der Waals surface area contributed by atoms with Gasteiger partial charge in [0.2, 0.25) is 0 Å². The summed E-state index contributed by atoms with van der Waals surface area (Å²) in [5.74, 6) is -0.958. The third-order valence-electron chi connectivity index (χ3n) is 2.45. The van der Waals surface area contributed by atoms with E-state index in [1.165, 1.54) is 12.4 Å². The van der Waals surface area contributed by atoms with E-state index >= 15 is 0 Å². The molecule has 0 radical (unpaired) electrons. The summed E-state index contributed by atoms with van der Waals surface area (Å²) in [6.45, 7) is 5.42. The fraction of sp³-hybridized carbons (Fsp3) is 0.538. The summed E-state index contributed by atoms with van der Waals surface area (Å²) in [5, 5.41) is 2.74. The van der Waals surface area contributed by atoms with Gasteiger partial charge < -0.3 is 10.1 Å². The molecular formula is C13H19N3O3. The number of esters is 1. The first-order valence-electron chi connectivity index (χ1n) is 6.28. The molecule has 1 rings (SSSR count). The Hall–Kier alpha value is -1.98. The number of carbonyl (C=O) groups is 2. The smallest absolute Gasteiger partial charge is 0.359 e. The minimum Gasteiger partial charge on any atom is -0.451 e. The summed E-state index contributed by atoms with van der Waals surface area (Å²) in [7, 11) is 0. The highest BCUT2D eigenvalue weighted by molar-refractivity contribution is 5.89. The average Bonchev–Trinajstić information content (AvgIpc) is 2.37. The van der Waals surface area contributed by atoms with Gasteiger partial charge in [-0.3, -0.25) is 9.78 Å². The maximum absolute atomic E-state index is 11.6. The van der Waals surface area contributed by atoms with E-state index in [2.05, 4.69) is 15.3 Å². The molecule has 0 saturated heterocycles. The molecule has 0 aliphatic rings. The van der Waals surface area contributed by atoms with Crippen molar-refractivity contribution in [1.29, 1.82) is 0 Å². The van der Waals surface area contributed by atoms with Crippen LogP contribution in [0.4, 0.5) is 0 Å². The summed E-state index contributed by atoms with van der Waals surface area (Å²) in [4.78, 5) is 30.9. The summed E-state index contributed by atoms with van der Waals surface area (Å²) in [6.07, 6.45) is 4.68. The van der Waals surface area contributed by atoms with Crippen LogP contribution in [0.25, 0.3) is 0 Å². The van der Waals surface area contributed by atoms with Gasteiger partial charge in [0.15, 0.2) is 12.3 Å². The zero-order chi connectivity index (χ0) is 14.3. The Balaban J connectivity index is 2.37. The third-order valence-corrected chi connectivity index (χ3v) is 2.45. The van der Waals surface area contributed by atoms with Crippen molar-refractivity contribution in [2.75, 3.05) is 6.61 Å². The van der Waals surface area contributed by atoms with E-state index in [1.807, 2.05) is 13.8 Å². The van der Waals surface area contributed by atoms with Gasteiger partial charge in [-0.2, -0.15) is 0 Å². The number of carbonyl (C=O) groups excluding carboxylic acids is 2. The summed E-state index contributed by atoms with van der Waals surface area (Å²) < 4.78 is 4.86. The zero-order valence-electron chi connectivity index (χ0n) is 11.5. The summed E-state index contributed by atoms with van der Waals surface area (Å²) in [5.41, 5.74) is 0.808. The number of hydrogen-bond donors (Lipinski definition) is 1. The number of nitrogens with zero attached hydrogens (tertiary/aromatic N) is 2. The molecule has 19 heavy (non-hydrogen) atoms. The maximum Gasteiger partial charge on any atom is 0.359 e. The Morgan fingerprint density at radius 3 is 2.68 bits per heavy atom. The molecule has 6 heteroatoms. The number of aromatic nitrogens is 2. The van der Waals surface area contributed by atoms with Gasteiger partial charge >= 0.3 is 5.97 Å². The van der Waals surface area contributed by atoms with Gasteiger partial charge in [0.25, 0.3) is 5.91 Å². The monoisotopic (exact) mass is 265 g/mol. The van der Waals surface area contributed by atoms with Crippen molar-refractivity contribution < 1.29 is 14.3 Å². The quantitative estimate of drug-likeness (QED) is 0.783. The predicted molar refractivity (Wildman–Crippen MR) is 69.6 cm³/mol. The van der Waals surface area contributed by atoms with Crippen LogP contribution in [0, 0.1) is 6.92 Å². The lowest BCUT2D eigenvalue weighted by molar-refractivity contribution is -0.124. The van der Waals surface area contributed by atoms with Gasteiger partial charge in [0.05, 0.1) is 11.9 Å². The fourth-order valence-electron chi connectivity index (χ4n) is 1.52. The second-order valence-corrected chi connectivity index (χ2v) is 4.38. The molecule has 0 spiro atoms. The Bertz CT molecular complexity index is 431. The number of nitrogens with one attached hydrogen (secondary N) is 1. The molecule has 1 aromatic heterocycles. The van der Waals surface area contributed by atoms with E-state index in [0.29, 0.717) is 5.69 Å². The number of rotatable bonds is 6. The zero-order valence-corrected chi connectivity index (χ0v) is 11.5. The number of hydrogen-bond acceptors (Lipinski definition) is 5. The summed E-state index contributed by atoms with van der Waals surface area (Å²) >= 11 is 0. The molecular weight excluding hydrogens is 246 g/mol. The first-order chi connectivity index (χ1) is 9.02. The van der Waals surface area contributed by atoms with Gasteiger partial charge in [-0.25, -0.2) is 9.78 Å². The van der Waals surface area contributed by atoms with Gasteiger partial charge in [0, 0.05) is 12.2 Å². The van der Waals surface area contributed by atoms with Crippen LogP contribution < -0.4 is 5.32 Å². The largest absolute Gasteiger partial charge is 0.451 e. The van der Waals surface area contributed by atoms with E-state index in [4.69, 9.17) is 4.74 Å². The van der Waals surface area contributed by atoms with Crippen LogP contribution in [0.1, 0.15) is 42.9 Å². The van der Waals surface area contributed by atoms with Crippen molar-refractivity contribution in [1.82, 2.24) is 15.3 Å². The number of aryl methyl sites for hydroxylation is 1. The summed E-state index contributed by atoms with van der Waals surface area (Å²) in [6, 6.07) is 0.0790. The van der Waals surface area contributed by atoms with E-state index in [1.54, 1.807) is 6.92 Å². The molecule has 0 aromatic carbocycles. The molecule has 1 aromatic rings. The van der Waals surface area contributed by atoms with Crippen LogP contribution in [0.3, 0.4) is 0 Å². The molecule has 0 aliphatic heterocycles. The van der Waals surface area contributed by atoms with Crippen molar-refractivity contribution in [3.8, 4) is 0 Å². The maximum atomic E-state index is 11.6. The molecule has 104 valence electrons. The lowest BCUT2D eigenvalue weighted by atomic mass is 10.2. The molecule has 1 amide bonds. The first-order valence-corrected chi connectivity index (χ1v) is 6.28. The molecule has 1 atom stereocenters. The van der Waals surface area contributed by atoms with Crippen molar-refractivity contribution in [3.63, 3.8) is 0 Å². The van der Waals surface area contributed by atoms with Gasteiger partial charge in [0.1, 0.15) is 0 Å². The topological polar surface area (TPSA) is 81.2 Å². The highest BCUT2D eigenvalue weighted by Gasteiger charge is 2.13. The van der Waals surface area contributed by atoms with Gasteiger partial charge in [-0.15, -0.1) is 0 Å². The minimum absolute atomic E-state index is 0.0790. The van der Waals surface area contributed by atoms with Crippen LogP contribution in [0.15, 0.2) is 12.4 Å². The van der Waals surface area contributed by atoms with Crippen LogP contribution in [0.2, 0.25) is 0 Å². The lowest BCUT2D eigenvalue weighted by Crippen LogP contribution is -2.35. The SMILES string of the molecule is CCC[C@H](C)NC(=O)COC(=O)c1cnc(C)cn1. The second kappa shape index (κ2) is 7.45. The van der Waals surface area contributed by atoms with Crippen LogP contribution in [-0.4, -0.2) is 34.5 Å². The average molecular weight is 265 g/mol. The van der Waals surface area contributed by atoms with E-state index in [9.17, 15) is 9.59 Å². The molecule has 1 heterocycles. The predicted octanol–water partition coefficient (Wildman–Crippen LogP) is 1.25. The Kier molecular flexibility index (Phi) is 5.92.